The smallest absolute Gasteiger partial charge is 0.341 e. The summed E-state index contributed by atoms with van der Waals surface area (Å²) in [6, 6.07) is 11.7. The lowest BCUT2D eigenvalue weighted by molar-refractivity contribution is -0.119. The summed E-state index contributed by atoms with van der Waals surface area (Å²) in [5.74, 6) is -1.98. The number of hydrogen-bond acceptors (Lipinski definition) is 8. The van der Waals surface area contributed by atoms with Gasteiger partial charge in [-0.1, -0.05) is 24.3 Å². The van der Waals surface area contributed by atoms with Crippen molar-refractivity contribution in [1.82, 2.24) is 4.98 Å². The molecule has 0 spiro atoms. The molecule has 10 heteroatoms. The minimum atomic E-state index is -0.802. The van der Waals surface area contributed by atoms with Crippen molar-refractivity contribution in [3.8, 4) is 10.4 Å². The van der Waals surface area contributed by atoms with Gasteiger partial charge in [-0.25, -0.2) is 9.59 Å². The zero-order valence-corrected chi connectivity index (χ0v) is 19.0. The van der Waals surface area contributed by atoms with Crippen LogP contribution in [0.5, 0.6) is 0 Å². The van der Waals surface area contributed by atoms with E-state index >= 15 is 0 Å². The van der Waals surface area contributed by atoms with Crippen LogP contribution in [-0.4, -0.2) is 36.0 Å². The van der Waals surface area contributed by atoms with E-state index in [0.29, 0.717) is 21.5 Å². The Hall–Kier alpha value is -3.76. The Kier molecular flexibility index (Phi) is 6.66. The number of rotatable bonds is 7. The van der Waals surface area contributed by atoms with Crippen molar-refractivity contribution in [2.24, 2.45) is 0 Å². The first-order chi connectivity index (χ1) is 16.0. The molecule has 0 radical (unpaired) electrons. The number of carbonyl (C=O) groups excluding carboxylic acids is 3. The van der Waals surface area contributed by atoms with Crippen LogP contribution in [0.4, 0.5) is 5.00 Å². The SMILES string of the molecule is CCOC(=O)c1c(-c2cccs2)csc1NC(=O)COC(=O)c1cc(=O)[nH]c2ccccc12. The Morgan fingerprint density at radius 2 is 1.85 bits per heavy atom. The Morgan fingerprint density at radius 3 is 2.61 bits per heavy atom. The van der Waals surface area contributed by atoms with Crippen molar-refractivity contribution in [2.45, 2.75) is 6.92 Å². The number of hydrogen-bond donors (Lipinski definition) is 2. The van der Waals surface area contributed by atoms with Gasteiger partial charge in [0.2, 0.25) is 5.56 Å². The van der Waals surface area contributed by atoms with Gasteiger partial charge in [0.05, 0.1) is 12.2 Å². The second kappa shape index (κ2) is 9.80. The zero-order chi connectivity index (χ0) is 23.4. The molecule has 0 fully saturated rings. The summed E-state index contributed by atoms with van der Waals surface area (Å²) in [6.45, 7) is 1.30. The fourth-order valence-corrected chi connectivity index (χ4v) is 5.00. The molecule has 0 aliphatic rings. The van der Waals surface area contributed by atoms with Crippen LogP contribution < -0.4 is 10.9 Å². The Morgan fingerprint density at radius 1 is 1.03 bits per heavy atom. The molecule has 1 aromatic carbocycles. The molecule has 0 atom stereocenters. The number of fused-ring (bicyclic) bond motifs is 1. The first-order valence-corrected chi connectivity index (χ1v) is 11.7. The van der Waals surface area contributed by atoms with Gasteiger partial charge in [-0.15, -0.1) is 22.7 Å². The summed E-state index contributed by atoms with van der Waals surface area (Å²) in [5.41, 5.74) is 1.01. The first-order valence-electron chi connectivity index (χ1n) is 9.89. The highest BCUT2D eigenvalue weighted by Crippen LogP contribution is 2.38. The maximum Gasteiger partial charge on any atom is 0.341 e. The number of pyridine rings is 1. The van der Waals surface area contributed by atoms with E-state index in [1.165, 1.54) is 22.7 Å². The average Bonchev–Trinajstić information content (AvgIpc) is 3.47. The Balaban J connectivity index is 1.50. The lowest BCUT2D eigenvalue weighted by Crippen LogP contribution is -2.22. The number of ether oxygens (including phenoxy) is 2. The molecule has 3 aromatic heterocycles. The maximum atomic E-state index is 12.6. The summed E-state index contributed by atoms with van der Waals surface area (Å²) in [4.78, 5) is 53.0. The topological polar surface area (TPSA) is 115 Å². The van der Waals surface area contributed by atoms with Gasteiger partial charge in [-0.05, 0) is 24.4 Å². The van der Waals surface area contributed by atoms with Crippen LogP contribution >= 0.6 is 22.7 Å². The van der Waals surface area contributed by atoms with Gasteiger partial charge in [0.15, 0.2) is 6.61 Å². The van der Waals surface area contributed by atoms with Crippen LogP contribution in [0, 0.1) is 0 Å². The van der Waals surface area contributed by atoms with E-state index in [9.17, 15) is 19.2 Å². The van der Waals surface area contributed by atoms with E-state index in [1.54, 1.807) is 36.6 Å². The van der Waals surface area contributed by atoms with Crippen molar-refractivity contribution in [2.75, 3.05) is 18.5 Å². The average molecular weight is 483 g/mol. The van der Waals surface area contributed by atoms with Crippen LogP contribution in [0.3, 0.4) is 0 Å². The van der Waals surface area contributed by atoms with Crippen molar-refractivity contribution in [1.29, 1.82) is 0 Å². The quantitative estimate of drug-likeness (QED) is 0.380. The maximum absolute atomic E-state index is 12.6. The van der Waals surface area contributed by atoms with E-state index in [0.717, 1.165) is 10.9 Å². The molecule has 0 saturated carbocycles. The number of para-hydroxylation sites is 1. The van der Waals surface area contributed by atoms with E-state index in [4.69, 9.17) is 9.47 Å². The molecule has 4 aromatic rings. The predicted octanol–water partition coefficient (Wildman–Crippen LogP) is 4.29. The minimum absolute atomic E-state index is 0.0606. The third-order valence-corrected chi connectivity index (χ3v) is 6.41. The fraction of sp³-hybridized carbons (Fsp3) is 0.130. The molecule has 0 aliphatic carbocycles. The van der Waals surface area contributed by atoms with Crippen LogP contribution in [0.25, 0.3) is 21.3 Å². The number of esters is 2. The second-order valence-electron chi connectivity index (χ2n) is 6.77. The molecule has 4 rings (SSSR count). The summed E-state index contributed by atoms with van der Waals surface area (Å²) >= 11 is 2.64. The zero-order valence-electron chi connectivity index (χ0n) is 17.4. The molecule has 3 heterocycles. The highest BCUT2D eigenvalue weighted by atomic mass is 32.1. The van der Waals surface area contributed by atoms with Gasteiger partial charge < -0.3 is 19.8 Å². The summed E-state index contributed by atoms with van der Waals surface area (Å²) in [7, 11) is 0. The van der Waals surface area contributed by atoms with Crippen molar-refractivity contribution in [3.63, 3.8) is 0 Å². The number of anilines is 1. The van der Waals surface area contributed by atoms with Gasteiger partial charge in [0.1, 0.15) is 10.6 Å². The van der Waals surface area contributed by atoms with Crippen LogP contribution in [0.2, 0.25) is 0 Å². The highest BCUT2D eigenvalue weighted by Gasteiger charge is 2.24. The molecule has 2 N–H and O–H groups in total. The van der Waals surface area contributed by atoms with Crippen molar-refractivity contribution < 1.29 is 23.9 Å². The monoisotopic (exact) mass is 482 g/mol. The molecule has 1 amide bonds. The van der Waals surface area contributed by atoms with Gasteiger partial charge >= 0.3 is 11.9 Å². The van der Waals surface area contributed by atoms with E-state index in [1.807, 2.05) is 17.5 Å². The van der Waals surface area contributed by atoms with Crippen LogP contribution in [-0.2, 0) is 14.3 Å². The van der Waals surface area contributed by atoms with E-state index in [2.05, 4.69) is 10.3 Å². The lowest BCUT2D eigenvalue weighted by atomic mass is 10.1. The molecule has 168 valence electrons. The molecule has 0 aliphatic heterocycles. The van der Waals surface area contributed by atoms with Crippen LogP contribution in [0.1, 0.15) is 27.6 Å². The number of carbonyl (C=O) groups is 3. The van der Waals surface area contributed by atoms with E-state index in [-0.39, 0.29) is 17.7 Å². The molecular weight excluding hydrogens is 464 g/mol. The minimum Gasteiger partial charge on any atom is -0.462 e. The Labute approximate surface area is 195 Å². The second-order valence-corrected chi connectivity index (χ2v) is 8.60. The predicted molar refractivity (Wildman–Crippen MR) is 127 cm³/mol. The summed E-state index contributed by atoms with van der Waals surface area (Å²) < 4.78 is 10.3. The number of H-pyrrole nitrogens is 1. The number of thiophene rings is 2. The van der Waals surface area contributed by atoms with Gasteiger partial charge in [0.25, 0.3) is 5.91 Å². The number of amides is 1. The number of benzene rings is 1. The molecule has 0 bridgehead atoms. The van der Waals surface area contributed by atoms with E-state index < -0.39 is 30.0 Å². The van der Waals surface area contributed by atoms with Gasteiger partial charge in [-0.2, -0.15) is 0 Å². The molecule has 0 saturated heterocycles. The molecular formula is C23H18N2O6S2. The fourth-order valence-electron chi connectivity index (χ4n) is 3.21. The standard InChI is InChI=1S/C23H18N2O6S2/c1-2-30-23(29)20-15(17-8-5-9-32-17)12-33-21(20)25-19(27)11-31-22(28)14-10-18(26)24-16-7-4-3-6-13(14)16/h3-10,12H,2,11H2,1H3,(H,24,26)(H,25,27). The normalized spacial score (nSPS) is 10.7. The number of nitrogens with one attached hydrogen (secondary N) is 2. The van der Waals surface area contributed by atoms with Crippen LogP contribution in [0.15, 0.2) is 58.0 Å². The van der Waals surface area contributed by atoms with Gasteiger partial charge in [0, 0.05) is 32.8 Å². The largest absolute Gasteiger partial charge is 0.462 e. The molecule has 0 unspecified atom stereocenters. The lowest BCUT2D eigenvalue weighted by Gasteiger charge is -2.09. The Bertz CT molecular complexity index is 1390. The molecule has 8 nitrogen and oxygen atoms in total. The van der Waals surface area contributed by atoms with Crippen molar-refractivity contribution >= 4 is 56.4 Å². The first kappa shape index (κ1) is 22.4. The number of aromatic nitrogens is 1. The third kappa shape index (κ3) is 4.86. The molecule has 33 heavy (non-hydrogen) atoms. The third-order valence-electron chi connectivity index (χ3n) is 4.61. The van der Waals surface area contributed by atoms with Gasteiger partial charge in [-0.3, -0.25) is 9.59 Å². The number of aromatic amines is 1. The van der Waals surface area contributed by atoms with Crippen molar-refractivity contribution in [3.05, 3.63) is 74.7 Å². The summed E-state index contributed by atoms with van der Waals surface area (Å²) in [5, 5.41) is 7.09. The highest BCUT2D eigenvalue weighted by molar-refractivity contribution is 7.17. The summed E-state index contributed by atoms with van der Waals surface area (Å²) in [6.07, 6.45) is 0.